The van der Waals surface area contributed by atoms with Crippen LogP contribution in [0.15, 0.2) is 16.7 Å². The third-order valence-electron chi connectivity index (χ3n) is 2.91. The monoisotopic (exact) mass is 327 g/mol. The van der Waals surface area contributed by atoms with Crippen molar-refractivity contribution < 1.29 is 9.53 Å². The van der Waals surface area contributed by atoms with Crippen molar-refractivity contribution in [1.29, 1.82) is 0 Å². The van der Waals surface area contributed by atoms with Gasteiger partial charge in [-0.2, -0.15) is 0 Å². The van der Waals surface area contributed by atoms with Crippen molar-refractivity contribution >= 4 is 27.7 Å². The van der Waals surface area contributed by atoms with E-state index in [-0.39, 0.29) is 11.9 Å². The van der Waals surface area contributed by atoms with E-state index in [9.17, 15) is 4.79 Å². The highest BCUT2D eigenvalue weighted by atomic mass is 79.9. The van der Waals surface area contributed by atoms with Crippen LogP contribution in [0.2, 0.25) is 0 Å². The molecule has 0 saturated carbocycles. The summed E-state index contributed by atoms with van der Waals surface area (Å²) in [7, 11) is 0. The van der Waals surface area contributed by atoms with Gasteiger partial charge < -0.3 is 15.4 Å². The molecule has 1 aliphatic heterocycles. The van der Waals surface area contributed by atoms with Gasteiger partial charge in [0.15, 0.2) is 0 Å². The number of carbonyl (C=O) groups excluding carboxylic acids is 1. The first kappa shape index (κ1) is 14.3. The van der Waals surface area contributed by atoms with Crippen LogP contribution < -0.4 is 10.6 Å². The van der Waals surface area contributed by atoms with Gasteiger partial charge in [-0.05, 0) is 34.8 Å². The summed E-state index contributed by atoms with van der Waals surface area (Å²) in [4.78, 5) is 16.5. The van der Waals surface area contributed by atoms with Gasteiger partial charge in [0.05, 0.1) is 18.2 Å². The summed E-state index contributed by atoms with van der Waals surface area (Å²) in [5.74, 6) is 0.518. The number of amides is 1. The molecule has 0 spiro atoms. The van der Waals surface area contributed by atoms with Crippen molar-refractivity contribution in [2.24, 2.45) is 0 Å². The summed E-state index contributed by atoms with van der Waals surface area (Å²) in [6.07, 6.45) is 3.54. The van der Waals surface area contributed by atoms with Crippen LogP contribution in [0.4, 0.5) is 5.82 Å². The molecular formula is C13H18BrN3O2. The third-order valence-corrected chi connectivity index (χ3v) is 3.34. The summed E-state index contributed by atoms with van der Waals surface area (Å²) >= 11 is 3.35. The molecule has 6 heteroatoms. The standard InChI is InChI=1S/C13H18BrN3O2/c1-2-4-15-12-11(6-9(14)7-16-12)13(18)17-10-3-5-19-8-10/h6-7,10H,2-5,8H2,1H3,(H,15,16)(H,17,18). The van der Waals surface area contributed by atoms with Crippen LogP contribution in [-0.2, 0) is 4.74 Å². The van der Waals surface area contributed by atoms with Crippen LogP contribution in [-0.4, -0.2) is 36.7 Å². The van der Waals surface area contributed by atoms with Gasteiger partial charge in [0.25, 0.3) is 5.91 Å². The Bertz CT molecular complexity index is 448. The molecule has 2 rings (SSSR count). The van der Waals surface area contributed by atoms with E-state index >= 15 is 0 Å². The van der Waals surface area contributed by atoms with Crippen LogP contribution in [0, 0.1) is 0 Å². The van der Waals surface area contributed by atoms with Gasteiger partial charge in [-0.15, -0.1) is 0 Å². The SMILES string of the molecule is CCCNc1ncc(Br)cc1C(=O)NC1CCOC1. The molecule has 1 amide bonds. The maximum absolute atomic E-state index is 12.3. The van der Waals surface area contributed by atoms with Crippen molar-refractivity contribution in [3.05, 3.63) is 22.3 Å². The summed E-state index contributed by atoms with van der Waals surface area (Å²) in [6, 6.07) is 1.89. The van der Waals surface area contributed by atoms with Crippen LogP contribution in [0.3, 0.4) is 0 Å². The number of hydrogen-bond donors (Lipinski definition) is 2. The minimum atomic E-state index is -0.108. The van der Waals surface area contributed by atoms with Crippen LogP contribution >= 0.6 is 15.9 Å². The molecule has 0 aliphatic carbocycles. The minimum absolute atomic E-state index is 0.102. The normalized spacial score (nSPS) is 18.3. The first-order valence-electron chi connectivity index (χ1n) is 6.48. The van der Waals surface area contributed by atoms with Gasteiger partial charge in [-0.1, -0.05) is 6.92 Å². The second-order valence-electron chi connectivity index (χ2n) is 4.51. The largest absolute Gasteiger partial charge is 0.379 e. The summed E-state index contributed by atoms with van der Waals surface area (Å²) < 4.78 is 6.05. The number of anilines is 1. The van der Waals surface area contributed by atoms with E-state index in [2.05, 4.69) is 38.5 Å². The van der Waals surface area contributed by atoms with Crippen molar-refractivity contribution in [3.8, 4) is 0 Å². The number of halogens is 1. The van der Waals surface area contributed by atoms with E-state index in [1.54, 1.807) is 12.3 Å². The molecule has 1 aromatic heterocycles. The van der Waals surface area contributed by atoms with Gasteiger partial charge in [-0.25, -0.2) is 4.98 Å². The van der Waals surface area contributed by atoms with E-state index in [0.29, 0.717) is 24.6 Å². The molecule has 19 heavy (non-hydrogen) atoms. The van der Waals surface area contributed by atoms with E-state index in [4.69, 9.17) is 4.74 Å². The predicted molar refractivity (Wildman–Crippen MR) is 77.4 cm³/mol. The van der Waals surface area contributed by atoms with Crippen molar-refractivity contribution in [2.75, 3.05) is 25.1 Å². The number of aromatic nitrogens is 1. The number of nitrogens with zero attached hydrogens (tertiary/aromatic N) is 1. The molecule has 5 nitrogen and oxygen atoms in total. The van der Waals surface area contributed by atoms with E-state index in [0.717, 1.165) is 23.9 Å². The Morgan fingerprint density at radius 1 is 1.63 bits per heavy atom. The smallest absolute Gasteiger partial charge is 0.255 e. The van der Waals surface area contributed by atoms with Gasteiger partial charge in [0, 0.05) is 23.8 Å². The number of ether oxygens (including phenoxy) is 1. The number of rotatable bonds is 5. The zero-order valence-electron chi connectivity index (χ0n) is 10.9. The molecular weight excluding hydrogens is 310 g/mol. The van der Waals surface area contributed by atoms with Crippen molar-refractivity contribution in [3.63, 3.8) is 0 Å². The number of nitrogens with one attached hydrogen (secondary N) is 2. The molecule has 1 atom stereocenters. The molecule has 1 fully saturated rings. The molecule has 1 saturated heterocycles. The van der Waals surface area contributed by atoms with E-state index in [1.165, 1.54) is 0 Å². The Kier molecular flexibility index (Phi) is 5.15. The van der Waals surface area contributed by atoms with Gasteiger partial charge in [0.1, 0.15) is 5.82 Å². The highest BCUT2D eigenvalue weighted by Gasteiger charge is 2.20. The van der Waals surface area contributed by atoms with Crippen LogP contribution in [0.1, 0.15) is 30.1 Å². The first-order valence-corrected chi connectivity index (χ1v) is 7.28. The molecule has 104 valence electrons. The fraction of sp³-hybridized carbons (Fsp3) is 0.538. The Labute approximate surface area is 121 Å². The lowest BCUT2D eigenvalue weighted by molar-refractivity contribution is 0.0930. The molecule has 0 bridgehead atoms. The lowest BCUT2D eigenvalue weighted by Crippen LogP contribution is -2.35. The molecule has 1 aromatic rings. The second kappa shape index (κ2) is 6.86. The van der Waals surface area contributed by atoms with E-state index in [1.807, 2.05) is 0 Å². The fourth-order valence-corrected chi connectivity index (χ4v) is 2.24. The highest BCUT2D eigenvalue weighted by molar-refractivity contribution is 9.10. The van der Waals surface area contributed by atoms with Crippen LogP contribution in [0.25, 0.3) is 0 Å². The van der Waals surface area contributed by atoms with Crippen molar-refractivity contribution in [2.45, 2.75) is 25.8 Å². The zero-order valence-corrected chi connectivity index (χ0v) is 12.5. The Morgan fingerprint density at radius 3 is 3.16 bits per heavy atom. The topological polar surface area (TPSA) is 63.2 Å². The molecule has 0 radical (unpaired) electrons. The molecule has 2 heterocycles. The predicted octanol–water partition coefficient (Wildman–Crippen LogP) is 2.18. The fourth-order valence-electron chi connectivity index (χ4n) is 1.91. The quantitative estimate of drug-likeness (QED) is 0.870. The zero-order chi connectivity index (χ0) is 13.7. The molecule has 2 N–H and O–H groups in total. The number of carbonyl (C=O) groups is 1. The van der Waals surface area contributed by atoms with Crippen LogP contribution in [0.5, 0.6) is 0 Å². The number of pyridine rings is 1. The average Bonchev–Trinajstić information content (AvgIpc) is 2.90. The average molecular weight is 328 g/mol. The molecule has 0 aromatic carbocycles. The van der Waals surface area contributed by atoms with Crippen molar-refractivity contribution in [1.82, 2.24) is 10.3 Å². The maximum atomic E-state index is 12.3. The lowest BCUT2D eigenvalue weighted by Gasteiger charge is -2.14. The minimum Gasteiger partial charge on any atom is -0.379 e. The third kappa shape index (κ3) is 3.91. The van der Waals surface area contributed by atoms with Gasteiger partial charge >= 0.3 is 0 Å². The Morgan fingerprint density at radius 2 is 2.47 bits per heavy atom. The first-order chi connectivity index (χ1) is 9.20. The van der Waals surface area contributed by atoms with E-state index < -0.39 is 0 Å². The highest BCUT2D eigenvalue weighted by Crippen LogP contribution is 2.18. The number of hydrogen-bond acceptors (Lipinski definition) is 4. The summed E-state index contributed by atoms with van der Waals surface area (Å²) in [5, 5.41) is 6.15. The molecule has 1 unspecified atom stereocenters. The summed E-state index contributed by atoms with van der Waals surface area (Å²) in [6.45, 7) is 4.16. The summed E-state index contributed by atoms with van der Waals surface area (Å²) in [5.41, 5.74) is 0.565. The molecule has 1 aliphatic rings. The lowest BCUT2D eigenvalue weighted by atomic mass is 10.2. The van der Waals surface area contributed by atoms with Gasteiger partial charge in [0.2, 0.25) is 0 Å². The maximum Gasteiger partial charge on any atom is 0.255 e. The Balaban J connectivity index is 2.11. The van der Waals surface area contributed by atoms with Gasteiger partial charge in [-0.3, -0.25) is 4.79 Å². The second-order valence-corrected chi connectivity index (χ2v) is 5.43. The Hall–Kier alpha value is -1.14.